The molecule has 0 fully saturated rings. The number of rotatable bonds is 5. The van der Waals surface area contributed by atoms with Gasteiger partial charge in [-0.05, 0) is 42.0 Å². The molecule has 1 aromatic carbocycles. The molecule has 7 nitrogen and oxygen atoms in total. The van der Waals surface area contributed by atoms with Crippen molar-refractivity contribution >= 4 is 5.91 Å². The summed E-state index contributed by atoms with van der Waals surface area (Å²) in [4.78, 5) is 14.1. The quantitative estimate of drug-likeness (QED) is 0.816. The van der Waals surface area contributed by atoms with Crippen LogP contribution < -0.4 is 0 Å². The Kier molecular flexibility index (Phi) is 4.61. The van der Waals surface area contributed by atoms with E-state index in [-0.39, 0.29) is 18.5 Å². The maximum Gasteiger partial charge on any atom is 0.244 e. The topological polar surface area (TPSA) is 87.7 Å². The van der Waals surface area contributed by atoms with Crippen LogP contribution in [-0.2, 0) is 17.9 Å². The molecule has 0 unspecified atom stereocenters. The summed E-state index contributed by atoms with van der Waals surface area (Å²) in [5.41, 5.74) is 1.59. The molecule has 0 aliphatic heterocycles. The molecule has 0 radical (unpaired) electrons. The van der Waals surface area contributed by atoms with Crippen molar-refractivity contribution in [3.8, 4) is 6.07 Å². The third kappa shape index (κ3) is 3.86. The van der Waals surface area contributed by atoms with E-state index in [0.29, 0.717) is 12.1 Å². The zero-order valence-electron chi connectivity index (χ0n) is 12.0. The van der Waals surface area contributed by atoms with E-state index in [0.717, 1.165) is 5.56 Å². The molecule has 21 heavy (non-hydrogen) atoms. The van der Waals surface area contributed by atoms with Crippen molar-refractivity contribution < 1.29 is 4.79 Å². The number of nitrogens with zero attached hydrogens (tertiary/aromatic N) is 6. The van der Waals surface area contributed by atoms with Crippen molar-refractivity contribution in [3.63, 3.8) is 0 Å². The van der Waals surface area contributed by atoms with Crippen molar-refractivity contribution in [1.29, 1.82) is 5.26 Å². The van der Waals surface area contributed by atoms with E-state index in [1.54, 1.807) is 17.0 Å². The Morgan fingerprint density at radius 3 is 2.62 bits per heavy atom. The van der Waals surface area contributed by atoms with Gasteiger partial charge in [0.1, 0.15) is 12.9 Å². The first kappa shape index (κ1) is 14.7. The third-order valence-electron chi connectivity index (χ3n) is 3.07. The molecular weight excluding hydrogens is 268 g/mol. The number of aromatic nitrogens is 4. The Hall–Kier alpha value is -2.75. The number of carbonyl (C=O) groups is 1. The van der Waals surface area contributed by atoms with Crippen LogP contribution in [0.5, 0.6) is 0 Å². The first-order chi connectivity index (χ1) is 10.1. The van der Waals surface area contributed by atoms with E-state index >= 15 is 0 Å². The van der Waals surface area contributed by atoms with Crippen molar-refractivity contribution in [2.24, 2.45) is 0 Å². The van der Waals surface area contributed by atoms with Crippen LogP contribution in [0.2, 0.25) is 0 Å². The van der Waals surface area contributed by atoms with Crippen molar-refractivity contribution in [1.82, 2.24) is 25.1 Å². The minimum absolute atomic E-state index is 0.0540. The highest BCUT2D eigenvalue weighted by atomic mass is 16.2. The van der Waals surface area contributed by atoms with E-state index in [4.69, 9.17) is 5.26 Å². The van der Waals surface area contributed by atoms with Crippen LogP contribution in [0.1, 0.15) is 25.0 Å². The lowest BCUT2D eigenvalue weighted by Crippen LogP contribution is -2.38. The van der Waals surface area contributed by atoms with Gasteiger partial charge in [0.25, 0.3) is 0 Å². The molecule has 108 valence electrons. The van der Waals surface area contributed by atoms with Gasteiger partial charge in [-0.15, -0.1) is 5.10 Å². The second-order valence-corrected chi connectivity index (χ2v) is 4.93. The first-order valence-corrected chi connectivity index (χ1v) is 6.59. The summed E-state index contributed by atoms with van der Waals surface area (Å²) >= 11 is 0. The summed E-state index contributed by atoms with van der Waals surface area (Å²) in [6, 6.07) is 9.35. The average molecular weight is 284 g/mol. The first-order valence-electron chi connectivity index (χ1n) is 6.59. The summed E-state index contributed by atoms with van der Waals surface area (Å²) in [6.45, 7) is 4.52. The Labute approximate surface area is 122 Å². The number of tetrazole rings is 1. The largest absolute Gasteiger partial charge is 0.334 e. The van der Waals surface area contributed by atoms with Gasteiger partial charge >= 0.3 is 0 Å². The van der Waals surface area contributed by atoms with Gasteiger partial charge in [0.15, 0.2) is 0 Å². The molecule has 0 saturated carbocycles. The Morgan fingerprint density at radius 1 is 1.38 bits per heavy atom. The zero-order valence-corrected chi connectivity index (χ0v) is 12.0. The summed E-state index contributed by atoms with van der Waals surface area (Å²) in [5.74, 6) is -0.0540. The molecule has 2 rings (SSSR count). The third-order valence-corrected chi connectivity index (χ3v) is 3.07. The number of hydrogen-bond acceptors (Lipinski definition) is 5. The maximum atomic E-state index is 12.3. The fourth-order valence-corrected chi connectivity index (χ4v) is 1.92. The molecule has 0 spiro atoms. The molecule has 0 aliphatic rings. The van der Waals surface area contributed by atoms with Crippen molar-refractivity contribution in [3.05, 3.63) is 41.7 Å². The minimum Gasteiger partial charge on any atom is -0.334 e. The van der Waals surface area contributed by atoms with E-state index in [2.05, 4.69) is 21.6 Å². The summed E-state index contributed by atoms with van der Waals surface area (Å²) in [5, 5.41) is 19.5. The van der Waals surface area contributed by atoms with Gasteiger partial charge in [-0.2, -0.15) is 5.26 Å². The van der Waals surface area contributed by atoms with Crippen LogP contribution in [0.4, 0.5) is 0 Å². The molecule has 7 heteroatoms. The summed E-state index contributed by atoms with van der Waals surface area (Å²) < 4.78 is 1.40. The van der Waals surface area contributed by atoms with E-state index in [1.807, 2.05) is 26.0 Å². The standard InChI is InChI=1S/C14H16N6O/c1-11(2)20(14(21)9-19-10-16-17-18-19)8-13-5-3-12(7-15)4-6-13/h3-6,10-11H,8-9H2,1-2H3. The minimum atomic E-state index is -0.0540. The van der Waals surface area contributed by atoms with E-state index in [9.17, 15) is 4.79 Å². The molecule has 0 aliphatic carbocycles. The van der Waals surface area contributed by atoms with Gasteiger partial charge in [-0.1, -0.05) is 12.1 Å². The SMILES string of the molecule is CC(C)N(Cc1ccc(C#N)cc1)C(=O)Cn1cnnn1. The molecule has 2 aromatic rings. The molecule has 0 saturated heterocycles. The number of benzene rings is 1. The highest BCUT2D eigenvalue weighted by Gasteiger charge is 2.18. The second-order valence-electron chi connectivity index (χ2n) is 4.93. The Morgan fingerprint density at radius 2 is 2.10 bits per heavy atom. The van der Waals surface area contributed by atoms with Crippen molar-refractivity contribution in [2.45, 2.75) is 33.0 Å². The summed E-state index contributed by atoms with van der Waals surface area (Å²) in [6.07, 6.45) is 1.41. The van der Waals surface area contributed by atoms with Crippen LogP contribution in [0.15, 0.2) is 30.6 Å². The molecule has 1 aromatic heterocycles. The molecule has 1 amide bonds. The van der Waals surface area contributed by atoms with Crippen LogP contribution in [0.3, 0.4) is 0 Å². The number of nitriles is 1. The predicted octanol–water partition coefficient (Wildman–Crippen LogP) is 0.982. The van der Waals surface area contributed by atoms with Gasteiger partial charge < -0.3 is 4.90 Å². The highest BCUT2D eigenvalue weighted by molar-refractivity contribution is 5.76. The number of amides is 1. The smallest absolute Gasteiger partial charge is 0.244 e. The highest BCUT2D eigenvalue weighted by Crippen LogP contribution is 2.10. The second kappa shape index (κ2) is 6.61. The van der Waals surface area contributed by atoms with Gasteiger partial charge in [0.2, 0.25) is 5.91 Å². The Balaban J connectivity index is 2.07. The maximum absolute atomic E-state index is 12.3. The van der Waals surface area contributed by atoms with Crippen LogP contribution >= 0.6 is 0 Å². The van der Waals surface area contributed by atoms with Crippen LogP contribution in [-0.4, -0.2) is 37.1 Å². The molecular formula is C14H16N6O. The monoisotopic (exact) mass is 284 g/mol. The van der Waals surface area contributed by atoms with Gasteiger partial charge in [-0.3, -0.25) is 4.79 Å². The van der Waals surface area contributed by atoms with Gasteiger partial charge in [0, 0.05) is 12.6 Å². The average Bonchev–Trinajstić information content (AvgIpc) is 2.97. The summed E-state index contributed by atoms with van der Waals surface area (Å²) in [7, 11) is 0. The lowest BCUT2D eigenvalue weighted by molar-refractivity contribution is -0.134. The fourth-order valence-electron chi connectivity index (χ4n) is 1.92. The fraction of sp³-hybridized carbons (Fsp3) is 0.357. The number of hydrogen-bond donors (Lipinski definition) is 0. The lowest BCUT2D eigenvalue weighted by Gasteiger charge is -2.26. The molecule has 0 N–H and O–H groups in total. The van der Waals surface area contributed by atoms with E-state index < -0.39 is 0 Å². The van der Waals surface area contributed by atoms with E-state index in [1.165, 1.54) is 11.0 Å². The lowest BCUT2D eigenvalue weighted by atomic mass is 10.1. The van der Waals surface area contributed by atoms with Crippen LogP contribution in [0, 0.1) is 11.3 Å². The van der Waals surface area contributed by atoms with Gasteiger partial charge in [-0.25, -0.2) is 4.68 Å². The molecule has 0 atom stereocenters. The Bertz CT molecular complexity index is 626. The number of carbonyl (C=O) groups excluding carboxylic acids is 1. The van der Waals surface area contributed by atoms with Crippen molar-refractivity contribution in [2.75, 3.05) is 0 Å². The molecule has 0 bridgehead atoms. The molecule has 1 heterocycles. The van der Waals surface area contributed by atoms with Gasteiger partial charge in [0.05, 0.1) is 11.6 Å². The van der Waals surface area contributed by atoms with Crippen LogP contribution in [0.25, 0.3) is 0 Å². The predicted molar refractivity (Wildman–Crippen MR) is 74.7 cm³/mol. The zero-order chi connectivity index (χ0) is 15.2. The normalized spacial score (nSPS) is 10.4.